The predicted octanol–water partition coefficient (Wildman–Crippen LogP) is 2.63. The zero-order valence-electron chi connectivity index (χ0n) is 9.57. The first-order valence-electron chi connectivity index (χ1n) is 5.32. The molecule has 1 rings (SSSR count). The standard InChI is InChI=1S/C12H19FN2/c1-8(2)10(6-14)12(13)11-7-15-5-4-9(11)3/h4-5,7-8,10,12H,6,14H2,1-3H3. The molecule has 0 radical (unpaired) electrons. The third kappa shape index (κ3) is 2.75. The Morgan fingerprint density at radius 3 is 2.60 bits per heavy atom. The summed E-state index contributed by atoms with van der Waals surface area (Å²) >= 11 is 0. The van der Waals surface area contributed by atoms with Crippen LogP contribution < -0.4 is 5.73 Å². The van der Waals surface area contributed by atoms with Crippen LogP contribution in [0.5, 0.6) is 0 Å². The second-order valence-electron chi connectivity index (χ2n) is 4.28. The molecule has 2 atom stereocenters. The molecule has 1 aromatic rings. The summed E-state index contributed by atoms with van der Waals surface area (Å²) < 4.78 is 14.2. The van der Waals surface area contributed by atoms with Gasteiger partial charge in [0.25, 0.3) is 0 Å². The molecule has 84 valence electrons. The lowest BCUT2D eigenvalue weighted by molar-refractivity contribution is 0.187. The Labute approximate surface area is 90.7 Å². The molecule has 1 aromatic heterocycles. The van der Waals surface area contributed by atoms with Crippen molar-refractivity contribution in [2.45, 2.75) is 26.9 Å². The van der Waals surface area contributed by atoms with Crippen LogP contribution in [0.3, 0.4) is 0 Å². The van der Waals surface area contributed by atoms with E-state index in [9.17, 15) is 4.39 Å². The van der Waals surface area contributed by atoms with E-state index in [1.165, 1.54) is 0 Å². The number of aromatic nitrogens is 1. The summed E-state index contributed by atoms with van der Waals surface area (Å²) in [7, 11) is 0. The van der Waals surface area contributed by atoms with Gasteiger partial charge in [0.1, 0.15) is 6.17 Å². The SMILES string of the molecule is Cc1ccncc1C(F)C(CN)C(C)C. The molecule has 0 aromatic carbocycles. The maximum atomic E-state index is 14.2. The number of nitrogens with zero attached hydrogens (tertiary/aromatic N) is 1. The molecular formula is C12H19FN2. The molecule has 2 unspecified atom stereocenters. The van der Waals surface area contributed by atoms with E-state index < -0.39 is 6.17 Å². The Morgan fingerprint density at radius 2 is 2.13 bits per heavy atom. The molecule has 0 saturated heterocycles. The molecule has 0 aliphatic rings. The van der Waals surface area contributed by atoms with Crippen LogP contribution in [-0.4, -0.2) is 11.5 Å². The van der Waals surface area contributed by atoms with Crippen molar-refractivity contribution in [1.82, 2.24) is 4.98 Å². The minimum atomic E-state index is -1.01. The topological polar surface area (TPSA) is 38.9 Å². The number of rotatable bonds is 4. The Kier molecular flexibility index (Phi) is 4.21. The van der Waals surface area contributed by atoms with Gasteiger partial charge in [-0.15, -0.1) is 0 Å². The fourth-order valence-corrected chi connectivity index (χ4v) is 1.73. The average Bonchev–Trinajstić information content (AvgIpc) is 2.18. The van der Waals surface area contributed by atoms with Crippen LogP contribution in [0, 0.1) is 18.8 Å². The predicted molar refractivity (Wildman–Crippen MR) is 60.2 cm³/mol. The van der Waals surface area contributed by atoms with Crippen LogP contribution in [0.25, 0.3) is 0 Å². The van der Waals surface area contributed by atoms with Gasteiger partial charge in [-0.1, -0.05) is 13.8 Å². The number of pyridine rings is 1. The normalized spacial score (nSPS) is 15.3. The molecule has 0 saturated carbocycles. The monoisotopic (exact) mass is 210 g/mol. The fraction of sp³-hybridized carbons (Fsp3) is 0.583. The van der Waals surface area contributed by atoms with Crippen LogP contribution in [0.1, 0.15) is 31.1 Å². The van der Waals surface area contributed by atoms with E-state index in [1.54, 1.807) is 12.4 Å². The second kappa shape index (κ2) is 5.21. The molecule has 0 fully saturated rings. The zero-order valence-corrected chi connectivity index (χ0v) is 9.57. The Hall–Kier alpha value is -0.960. The van der Waals surface area contributed by atoms with E-state index in [0.29, 0.717) is 12.1 Å². The lowest BCUT2D eigenvalue weighted by atomic mass is 9.87. The Balaban J connectivity index is 2.92. The van der Waals surface area contributed by atoms with Crippen molar-refractivity contribution in [3.63, 3.8) is 0 Å². The third-order valence-electron chi connectivity index (χ3n) is 2.88. The minimum absolute atomic E-state index is 0.132. The number of halogens is 1. The first kappa shape index (κ1) is 12.1. The number of alkyl halides is 1. The van der Waals surface area contributed by atoms with Crippen LogP contribution in [0.4, 0.5) is 4.39 Å². The van der Waals surface area contributed by atoms with E-state index in [0.717, 1.165) is 5.56 Å². The lowest BCUT2D eigenvalue weighted by Crippen LogP contribution is -2.25. The van der Waals surface area contributed by atoms with E-state index >= 15 is 0 Å². The van der Waals surface area contributed by atoms with E-state index in [4.69, 9.17) is 5.73 Å². The van der Waals surface area contributed by atoms with Crippen molar-refractivity contribution in [2.24, 2.45) is 17.6 Å². The summed E-state index contributed by atoms with van der Waals surface area (Å²) in [6, 6.07) is 1.83. The van der Waals surface area contributed by atoms with Gasteiger partial charge in [-0.05, 0) is 31.0 Å². The van der Waals surface area contributed by atoms with Gasteiger partial charge in [0.15, 0.2) is 0 Å². The first-order chi connectivity index (χ1) is 7.07. The van der Waals surface area contributed by atoms with Crippen LogP contribution in [0.15, 0.2) is 18.5 Å². The smallest absolute Gasteiger partial charge is 0.131 e. The highest BCUT2D eigenvalue weighted by Crippen LogP contribution is 2.31. The number of hydrogen-bond donors (Lipinski definition) is 1. The second-order valence-corrected chi connectivity index (χ2v) is 4.28. The summed E-state index contributed by atoms with van der Waals surface area (Å²) in [5.41, 5.74) is 7.21. The maximum absolute atomic E-state index is 14.2. The molecule has 2 nitrogen and oxygen atoms in total. The van der Waals surface area contributed by atoms with Crippen LogP contribution in [-0.2, 0) is 0 Å². The molecule has 0 aliphatic carbocycles. The van der Waals surface area contributed by atoms with E-state index in [-0.39, 0.29) is 11.8 Å². The average molecular weight is 210 g/mol. The van der Waals surface area contributed by atoms with Gasteiger partial charge < -0.3 is 5.73 Å². The fourth-order valence-electron chi connectivity index (χ4n) is 1.73. The minimum Gasteiger partial charge on any atom is -0.330 e. The highest BCUT2D eigenvalue weighted by atomic mass is 19.1. The lowest BCUT2D eigenvalue weighted by Gasteiger charge is -2.24. The summed E-state index contributed by atoms with van der Waals surface area (Å²) in [4.78, 5) is 3.96. The highest BCUT2D eigenvalue weighted by Gasteiger charge is 2.25. The van der Waals surface area contributed by atoms with Crippen molar-refractivity contribution in [3.05, 3.63) is 29.6 Å². The summed E-state index contributed by atoms with van der Waals surface area (Å²) in [6.45, 7) is 6.26. The van der Waals surface area contributed by atoms with Gasteiger partial charge in [-0.3, -0.25) is 4.98 Å². The maximum Gasteiger partial charge on any atom is 0.131 e. The molecule has 2 N–H and O–H groups in total. The van der Waals surface area contributed by atoms with Crippen molar-refractivity contribution < 1.29 is 4.39 Å². The van der Waals surface area contributed by atoms with Crippen LogP contribution in [0.2, 0.25) is 0 Å². The number of hydrogen-bond acceptors (Lipinski definition) is 2. The van der Waals surface area contributed by atoms with Crippen molar-refractivity contribution in [1.29, 1.82) is 0 Å². The summed E-state index contributed by atoms with van der Waals surface area (Å²) in [6.07, 6.45) is 2.27. The van der Waals surface area contributed by atoms with Gasteiger partial charge in [-0.25, -0.2) is 4.39 Å². The molecule has 0 spiro atoms. The molecular weight excluding hydrogens is 191 g/mol. The number of nitrogens with two attached hydrogens (primary N) is 1. The molecule has 3 heteroatoms. The van der Waals surface area contributed by atoms with E-state index in [2.05, 4.69) is 4.98 Å². The quantitative estimate of drug-likeness (QED) is 0.829. The molecule has 0 aliphatic heterocycles. The van der Waals surface area contributed by atoms with Crippen molar-refractivity contribution in [2.75, 3.05) is 6.54 Å². The largest absolute Gasteiger partial charge is 0.330 e. The Morgan fingerprint density at radius 1 is 1.47 bits per heavy atom. The van der Waals surface area contributed by atoms with Gasteiger partial charge in [0, 0.05) is 23.9 Å². The van der Waals surface area contributed by atoms with Crippen LogP contribution >= 0.6 is 0 Å². The van der Waals surface area contributed by atoms with Gasteiger partial charge in [0.05, 0.1) is 0 Å². The molecule has 1 heterocycles. The highest BCUT2D eigenvalue weighted by molar-refractivity contribution is 5.24. The number of aryl methyl sites for hydroxylation is 1. The van der Waals surface area contributed by atoms with Crippen molar-refractivity contribution >= 4 is 0 Å². The first-order valence-corrected chi connectivity index (χ1v) is 5.32. The zero-order chi connectivity index (χ0) is 11.4. The van der Waals surface area contributed by atoms with Gasteiger partial charge in [0.2, 0.25) is 0 Å². The summed E-state index contributed by atoms with van der Waals surface area (Å²) in [5, 5.41) is 0. The molecule has 15 heavy (non-hydrogen) atoms. The summed E-state index contributed by atoms with van der Waals surface area (Å²) in [5.74, 6) is 0.109. The Bertz CT molecular complexity index is 312. The molecule has 0 amide bonds. The van der Waals surface area contributed by atoms with Gasteiger partial charge in [-0.2, -0.15) is 0 Å². The van der Waals surface area contributed by atoms with E-state index in [1.807, 2.05) is 26.8 Å². The molecule has 0 bridgehead atoms. The van der Waals surface area contributed by atoms with Gasteiger partial charge >= 0.3 is 0 Å². The van der Waals surface area contributed by atoms with Crippen molar-refractivity contribution in [3.8, 4) is 0 Å². The third-order valence-corrected chi connectivity index (χ3v) is 2.88.